The van der Waals surface area contributed by atoms with Crippen molar-refractivity contribution in [1.82, 2.24) is 5.32 Å². The van der Waals surface area contributed by atoms with Gasteiger partial charge in [0.15, 0.2) is 0 Å². The Morgan fingerprint density at radius 3 is 2.50 bits per heavy atom. The number of amides is 1. The predicted octanol–water partition coefficient (Wildman–Crippen LogP) is 0.961. The zero-order chi connectivity index (χ0) is 12.6. The van der Waals surface area contributed by atoms with Crippen molar-refractivity contribution in [3.63, 3.8) is 0 Å². The van der Waals surface area contributed by atoms with Gasteiger partial charge in [0.1, 0.15) is 6.54 Å². The Morgan fingerprint density at radius 1 is 1.38 bits per heavy atom. The van der Waals surface area contributed by atoms with E-state index in [9.17, 15) is 22.8 Å². The summed E-state index contributed by atoms with van der Waals surface area (Å²) in [6.45, 7) is -1.33. The van der Waals surface area contributed by atoms with Crippen LogP contribution in [0.3, 0.4) is 0 Å². The molecule has 4 nitrogen and oxygen atoms in total. The Labute approximate surface area is 94.9 Å². The molecule has 0 aliphatic carbocycles. The first-order valence-corrected chi connectivity index (χ1v) is 5.48. The molecule has 0 unspecified atom stereocenters. The SMILES string of the molecule is COC(=O)CCSCC(=O)NCC(F)(F)F. The van der Waals surface area contributed by atoms with Crippen molar-refractivity contribution in [1.29, 1.82) is 0 Å². The third kappa shape index (κ3) is 9.63. The molecule has 1 N–H and O–H groups in total. The van der Waals surface area contributed by atoms with Crippen molar-refractivity contribution in [3.05, 3.63) is 0 Å². The van der Waals surface area contributed by atoms with E-state index in [0.717, 1.165) is 11.8 Å². The van der Waals surface area contributed by atoms with Crippen molar-refractivity contribution in [2.75, 3.05) is 25.2 Å². The molecule has 0 aromatic rings. The molecular weight excluding hydrogens is 247 g/mol. The maximum atomic E-state index is 11.7. The van der Waals surface area contributed by atoms with E-state index in [2.05, 4.69) is 4.74 Å². The standard InChI is InChI=1S/C8H12F3NO3S/c1-15-7(14)2-3-16-4-6(13)12-5-8(9,10)11/h2-5H2,1H3,(H,12,13). The van der Waals surface area contributed by atoms with Crippen LogP contribution in [0.15, 0.2) is 0 Å². The van der Waals surface area contributed by atoms with Crippen LogP contribution >= 0.6 is 11.8 Å². The largest absolute Gasteiger partial charge is 0.469 e. The smallest absolute Gasteiger partial charge is 0.405 e. The van der Waals surface area contributed by atoms with Gasteiger partial charge in [-0.25, -0.2) is 0 Å². The number of carbonyl (C=O) groups is 2. The van der Waals surface area contributed by atoms with Crippen LogP contribution in [-0.4, -0.2) is 43.2 Å². The molecule has 0 saturated heterocycles. The fourth-order valence-corrected chi connectivity index (χ4v) is 1.42. The van der Waals surface area contributed by atoms with E-state index >= 15 is 0 Å². The normalized spacial score (nSPS) is 11.0. The molecule has 0 aliphatic rings. The number of thioether (sulfide) groups is 1. The molecule has 0 spiro atoms. The Kier molecular flexibility index (Phi) is 6.95. The summed E-state index contributed by atoms with van der Waals surface area (Å²) in [6, 6.07) is 0. The molecule has 0 aliphatic heterocycles. The van der Waals surface area contributed by atoms with E-state index < -0.39 is 24.6 Å². The minimum atomic E-state index is -4.40. The molecular formula is C8H12F3NO3S. The first-order chi connectivity index (χ1) is 7.35. The van der Waals surface area contributed by atoms with Crippen molar-refractivity contribution >= 4 is 23.6 Å². The van der Waals surface area contributed by atoms with Gasteiger partial charge in [0.2, 0.25) is 5.91 Å². The summed E-state index contributed by atoms with van der Waals surface area (Å²) in [5, 5.41) is 1.72. The summed E-state index contributed by atoms with van der Waals surface area (Å²) >= 11 is 1.08. The number of nitrogens with one attached hydrogen (secondary N) is 1. The minimum absolute atomic E-state index is 0.104. The van der Waals surface area contributed by atoms with Crippen LogP contribution in [0.2, 0.25) is 0 Å². The van der Waals surface area contributed by atoms with Gasteiger partial charge in [-0.1, -0.05) is 0 Å². The van der Waals surface area contributed by atoms with Crippen molar-refractivity contribution in [2.24, 2.45) is 0 Å². The molecule has 0 saturated carbocycles. The summed E-state index contributed by atoms with van der Waals surface area (Å²) in [7, 11) is 1.24. The van der Waals surface area contributed by atoms with Crippen LogP contribution in [-0.2, 0) is 14.3 Å². The van der Waals surface area contributed by atoms with E-state index in [1.807, 2.05) is 0 Å². The summed E-state index contributed by atoms with van der Waals surface area (Å²) in [5.74, 6) is -0.880. The van der Waals surface area contributed by atoms with Gasteiger partial charge >= 0.3 is 12.1 Å². The van der Waals surface area contributed by atoms with Crippen molar-refractivity contribution < 1.29 is 27.5 Å². The van der Waals surface area contributed by atoms with Crippen LogP contribution in [0.5, 0.6) is 0 Å². The predicted molar refractivity (Wildman–Crippen MR) is 53.0 cm³/mol. The zero-order valence-corrected chi connectivity index (χ0v) is 9.41. The molecule has 0 heterocycles. The van der Waals surface area contributed by atoms with Gasteiger partial charge in [-0.05, 0) is 0 Å². The molecule has 16 heavy (non-hydrogen) atoms. The van der Waals surface area contributed by atoms with Crippen LogP contribution in [0.4, 0.5) is 13.2 Å². The molecule has 0 atom stereocenters. The van der Waals surface area contributed by atoms with Gasteiger partial charge in [-0.3, -0.25) is 9.59 Å². The summed E-state index contributed by atoms with van der Waals surface area (Å²) < 4.78 is 39.4. The number of methoxy groups -OCH3 is 1. The van der Waals surface area contributed by atoms with E-state index in [4.69, 9.17) is 0 Å². The number of rotatable bonds is 6. The maximum absolute atomic E-state index is 11.7. The van der Waals surface area contributed by atoms with E-state index in [0.29, 0.717) is 5.75 Å². The quantitative estimate of drug-likeness (QED) is 0.570. The maximum Gasteiger partial charge on any atom is 0.405 e. The fourth-order valence-electron chi connectivity index (χ4n) is 0.672. The Balaban J connectivity index is 3.48. The Bertz CT molecular complexity index is 245. The number of esters is 1. The lowest BCUT2D eigenvalue weighted by Crippen LogP contribution is -2.34. The average Bonchev–Trinajstić information content (AvgIpc) is 2.20. The molecule has 0 aromatic carbocycles. The molecule has 0 rings (SSSR count). The minimum Gasteiger partial charge on any atom is -0.469 e. The molecule has 0 fully saturated rings. The van der Waals surface area contributed by atoms with Crippen molar-refractivity contribution in [3.8, 4) is 0 Å². The van der Waals surface area contributed by atoms with Crippen LogP contribution < -0.4 is 5.32 Å². The Morgan fingerprint density at radius 2 is 2.00 bits per heavy atom. The first kappa shape index (κ1) is 15.1. The van der Waals surface area contributed by atoms with Crippen LogP contribution in [0, 0.1) is 0 Å². The zero-order valence-electron chi connectivity index (χ0n) is 8.60. The fraction of sp³-hybridized carbons (Fsp3) is 0.750. The van der Waals surface area contributed by atoms with Crippen LogP contribution in [0.1, 0.15) is 6.42 Å². The highest BCUT2D eigenvalue weighted by Gasteiger charge is 2.27. The number of ether oxygens (including phenoxy) is 1. The average molecular weight is 259 g/mol. The second-order valence-electron chi connectivity index (χ2n) is 2.77. The van der Waals surface area contributed by atoms with E-state index in [1.165, 1.54) is 7.11 Å². The van der Waals surface area contributed by atoms with E-state index in [-0.39, 0.29) is 12.2 Å². The number of carbonyl (C=O) groups excluding carboxylic acids is 2. The van der Waals surface area contributed by atoms with Gasteiger partial charge in [0.25, 0.3) is 0 Å². The highest BCUT2D eigenvalue weighted by Crippen LogP contribution is 2.12. The van der Waals surface area contributed by atoms with Gasteiger partial charge < -0.3 is 10.1 Å². The third-order valence-electron chi connectivity index (χ3n) is 1.40. The number of alkyl halides is 3. The summed E-state index contributed by atoms with van der Waals surface area (Å²) in [4.78, 5) is 21.5. The van der Waals surface area contributed by atoms with Gasteiger partial charge in [0.05, 0.1) is 19.3 Å². The number of hydrogen-bond donors (Lipinski definition) is 1. The second-order valence-corrected chi connectivity index (χ2v) is 3.88. The molecule has 0 bridgehead atoms. The molecule has 1 amide bonds. The van der Waals surface area contributed by atoms with E-state index in [1.54, 1.807) is 5.32 Å². The summed E-state index contributed by atoms with van der Waals surface area (Å²) in [6.07, 6.45) is -4.26. The Hall–Kier alpha value is -0.920. The lowest BCUT2D eigenvalue weighted by atomic mass is 10.5. The molecule has 8 heteroatoms. The monoisotopic (exact) mass is 259 g/mol. The second kappa shape index (κ2) is 7.37. The van der Waals surface area contributed by atoms with Crippen molar-refractivity contribution in [2.45, 2.75) is 12.6 Å². The summed E-state index contributed by atoms with van der Waals surface area (Å²) in [5.41, 5.74) is 0. The topological polar surface area (TPSA) is 55.4 Å². The number of halogens is 3. The molecule has 0 aromatic heterocycles. The van der Waals surface area contributed by atoms with Gasteiger partial charge in [-0.2, -0.15) is 24.9 Å². The lowest BCUT2D eigenvalue weighted by molar-refractivity contribution is -0.140. The molecule has 0 radical (unpaired) electrons. The molecule has 94 valence electrons. The first-order valence-electron chi connectivity index (χ1n) is 4.33. The van der Waals surface area contributed by atoms with Gasteiger partial charge in [0, 0.05) is 5.75 Å². The number of hydrogen-bond acceptors (Lipinski definition) is 4. The van der Waals surface area contributed by atoms with Crippen LogP contribution in [0.25, 0.3) is 0 Å². The van der Waals surface area contributed by atoms with Gasteiger partial charge in [-0.15, -0.1) is 0 Å². The third-order valence-corrected chi connectivity index (χ3v) is 2.36. The highest BCUT2D eigenvalue weighted by molar-refractivity contribution is 7.99. The highest BCUT2D eigenvalue weighted by atomic mass is 32.2. The lowest BCUT2D eigenvalue weighted by Gasteiger charge is -2.07.